The summed E-state index contributed by atoms with van der Waals surface area (Å²) in [6.07, 6.45) is 3.43. The molecule has 1 aromatic carbocycles. The van der Waals surface area contributed by atoms with E-state index in [9.17, 15) is 4.79 Å². The lowest BCUT2D eigenvalue weighted by Gasteiger charge is -2.40. The molecule has 2 rings (SSSR count). The highest BCUT2D eigenvalue weighted by Gasteiger charge is 2.28. The molecule has 1 saturated heterocycles. The van der Waals surface area contributed by atoms with Crippen molar-refractivity contribution < 1.29 is 14.3 Å². The van der Waals surface area contributed by atoms with E-state index in [4.69, 9.17) is 9.47 Å². The van der Waals surface area contributed by atoms with Crippen molar-refractivity contribution in [3.05, 3.63) is 29.8 Å². The summed E-state index contributed by atoms with van der Waals surface area (Å²) >= 11 is 0. The third kappa shape index (κ3) is 6.33. The number of benzene rings is 1. The predicted molar refractivity (Wildman–Crippen MR) is 100 cm³/mol. The van der Waals surface area contributed by atoms with Gasteiger partial charge in [-0.05, 0) is 44.5 Å². The Bertz CT molecular complexity index is 522. The van der Waals surface area contributed by atoms with E-state index in [1.165, 1.54) is 12.8 Å². The minimum atomic E-state index is -0.0816. The van der Waals surface area contributed by atoms with Gasteiger partial charge in [-0.3, -0.25) is 9.69 Å². The zero-order valence-corrected chi connectivity index (χ0v) is 15.8. The van der Waals surface area contributed by atoms with Crippen LogP contribution in [0, 0.1) is 0 Å². The van der Waals surface area contributed by atoms with Gasteiger partial charge in [0.05, 0.1) is 19.8 Å². The van der Waals surface area contributed by atoms with Crippen LogP contribution in [0.15, 0.2) is 24.3 Å². The second-order valence-corrected chi connectivity index (χ2v) is 7.17. The topological polar surface area (TPSA) is 50.8 Å². The Morgan fingerprint density at radius 2 is 1.88 bits per heavy atom. The van der Waals surface area contributed by atoms with E-state index < -0.39 is 0 Å². The molecular weight excluding hydrogens is 316 g/mol. The van der Waals surface area contributed by atoms with E-state index >= 15 is 0 Å². The number of carbonyl (C=O) groups is 1. The number of hydrogen-bond acceptors (Lipinski definition) is 4. The number of amides is 1. The van der Waals surface area contributed by atoms with Gasteiger partial charge in [0, 0.05) is 30.7 Å². The Labute approximate surface area is 151 Å². The SMILES string of the molecule is CCCCCOc1ccc(C(=O)NCC(C)(C)N2CCOCC2)cc1. The lowest BCUT2D eigenvalue weighted by atomic mass is 10.0. The second kappa shape index (κ2) is 9.78. The molecule has 1 aromatic rings. The van der Waals surface area contributed by atoms with Gasteiger partial charge in [0.1, 0.15) is 5.75 Å². The molecule has 1 aliphatic heterocycles. The van der Waals surface area contributed by atoms with Crippen LogP contribution in [0.4, 0.5) is 0 Å². The fraction of sp³-hybridized carbons (Fsp3) is 0.650. The summed E-state index contributed by atoms with van der Waals surface area (Å²) in [5.41, 5.74) is 0.584. The molecule has 0 atom stereocenters. The van der Waals surface area contributed by atoms with E-state index in [-0.39, 0.29) is 11.4 Å². The van der Waals surface area contributed by atoms with Crippen molar-refractivity contribution >= 4 is 5.91 Å². The maximum Gasteiger partial charge on any atom is 0.251 e. The minimum absolute atomic E-state index is 0.0427. The molecule has 1 heterocycles. The fourth-order valence-corrected chi connectivity index (χ4v) is 2.92. The fourth-order valence-electron chi connectivity index (χ4n) is 2.92. The lowest BCUT2D eigenvalue weighted by molar-refractivity contribution is -0.00923. The van der Waals surface area contributed by atoms with Gasteiger partial charge in [0.15, 0.2) is 0 Å². The van der Waals surface area contributed by atoms with Gasteiger partial charge in [0.25, 0.3) is 5.91 Å². The molecule has 5 nitrogen and oxygen atoms in total. The first-order valence-electron chi connectivity index (χ1n) is 9.37. The van der Waals surface area contributed by atoms with Crippen LogP contribution in [-0.2, 0) is 4.74 Å². The van der Waals surface area contributed by atoms with E-state index in [0.29, 0.717) is 12.1 Å². The van der Waals surface area contributed by atoms with Crippen LogP contribution in [0.5, 0.6) is 5.75 Å². The first-order chi connectivity index (χ1) is 12.0. The van der Waals surface area contributed by atoms with Gasteiger partial charge in [-0.15, -0.1) is 0 Å². The third-order valence-corrected chi connectivity index (χ3v) is 4.68. The first-order valence-corrected chi connectivity index (χ1v) is 9.37. The molecule has 1 amide bonds. The lowest BCUT2D eigenvalue weighted by Crippen LogP contribution is -2.55. The standard InChI is InChI=1S/C20H32N2O3/c1-4-5-6-13-25-18-9-7-17(8-10-18)19(23)21-16-20(2,3)22-11-14-24-15-12-22/h7-10H,4-6,11-16H2,1-3H3,(H,21,23). The van der Waals surface area contributed by atoms with Crippen molar-refractivity contribution in [1.29, 1.82) is 0 Å². The highest BCUT2D eigenvalue weighted by molar-refractivity contribution is 5.94. The average Bonchev–Trinajstić information content (AvgIpc) is 2.64. The van der Waals surface area contributed by atoms with Gasteiger partial charge in [-0.1, -0.05) is 19.8 Å². The zero-order valence-electron chi connectivity index (χ0n) is 15.8. The highest BCUT2D eigenvalue weighted by atomic mass is 16.5. The molecular formula is C20H32N2O3. The Morgan fingerprint density at radius 1 is 1.20 bits per heavy atom. The monoisotopic (exact) mass is 348 g/mol. The highest BCUT2D eigenvalue weighted by Crippen LogP contribution is 2.16. The molecule has 25 heavy (non-hydrogen) atoms. The molecule has 0 unspecified atom stereocenters. The number of carbonyl (C=O) groups excluding carboxylic acids is 1. The van der Waals surface area contributed by atoms with E-state index in [1.54, 1.807) is 0 Å². The van der Waals surface area contributed by atoms with Gasteiger partial charge >= 0.3 is 0 Å². The molecule has 1 fully saturated rings. The van der Waals surface area contributed by atoms with Crippen molar-refractivity contribution in [2.24, 2.45) is 0 Å². The molecule has 0 saturated carbocycles. The Balaban J connectivity index is 1.79. The van der Waals surface area contributed by atoms with E-state index in [0.717, 1.165) is 45.1 Å². The molecule has 0 aromatic heterocycles. The zero-order chi connectivity index (χ0) is 18.1. The Hall–Kier alpha value is -1.59. The molecule has 0 bridgehead atoms. The average molecular weight is 348 g/mol. The predicted octanol–water partition coefficient (Wildman–Crippen LogP) is 3.10. The van der Waals surface area contributed by atoms with E-state index in [1.807, 2.05) is 24.3 Å². The van der Waals surface area contributed by atoms with Crippen LogP contribution >= 0.6 is 0 Å². The van der Waals surface area contributed by atoms with Crippen LogP contribution < -0.4 is 10.1 Å². The number of unbranched alkanes of at least 4 members (excludes halogenated alkanes) is 2. The summed E-state index contributed by atoms with van der Waals surface area (Å²) in [4.78, 5) is 14.8. The van der Waals surface area contributed by atoms with Crippen molar-refractivity contribution in [2.45, 2.75) is 45.6 Å². The van der Waals surface area contributed by atoms with Crippen molar-refractivity contribution in [1.82, 2.24) is 10.2 Å². The third-order valence-electron chi connectivity index (χ3n) is 4.68. The van der Waals surface area contributed by atoms with Crippen LogP contribution in [0.25, 0.3) is 0 Å². The van der Waals surface area contributed by atoms with Gasteiger partial charge in [-0.2, -0.15) is 0 Å². The number of ether oxygens (including phenoxy) is 2. The molecule has 1 aliphatic rings. The van der Waals surface area contributed by atoms with Crippen molar-refractivity contribution in [3.63, 3.8) is 0 Å². The minimum Gasteiger partial charge on any atom is -0.494 e. The van der Waals surface area contributed by atoms with E-state index in [2.05, 4.69) is 31.0 Å². The normalized spacial score (nSPS) is 15.8. The Kier molecular flexibility index (Phi) is 7.72. The maximum absolute atomic E-state index is 12.4. The smallest absolute Gasteiger partial charge is 0.251 e. The largest absolute Gasteiger partial charge is 0.494 e. The number of nitrogens with zero attached hydrogens (tertiary/aromatic N) is 1. The molecule has 0 aliphatic carbocycles. The second-order valence-electron chi connectivity index (χ2n) is 7.17. The summed E-state index contributed by atoms with van der Waals surface area (Å²) in [6, 6.07) is 7.39. The van der Waals surface area contributed by atoms with Gasteiger partial charge < -0.3 is 14.8 Å². The summed E-state index contributed by atoms with van der Waals surface area (Å²) in [7, 11) is 0. The number of hydrogen-bond donors (Lipinski definition) is 1. The van der Waals surface area contributed by atoms with Crippen LogP contribution in [0.2, 0.25) is 0 Å². The number of rotatable bonds is 9. The van der Waals surface area contributed by atoms with Crippen LogP contribution in [-0.4, -0.2) is 55.8 Å². The summed E-state index contributed by atoms with van der Waals surface area (Å²) in [6.45, 7) is 11.2. The van der Waals surface area contributed by atoms with Gasteiger partial charge in [-0.25, -0.2) is 0 Å². The summed E-state index contributed by atoms with van der Waals surface area (Å²) in [5.74, 6) is 0.778. The van der Waals surface area contributed by atoms with Crippen LogP contribution in [0.3, 0.4) is 0 Å². The molecule has 5 heteroatoms. The quantitative estimate of drug-likeness (QED) is 0.697. The summed E-state index contributed by atoms with van der Waals surface area (Å²) in [5, 5.41) is 3.05. The van der Waals surface area contributed by atoms with Crippen molar-refractivity contribution in [2.75, 3.05) is 39.5 Å². The summed E-state index contributed by atoms with van der Waals surface area (Å²) < 4.78 is 11.1. The molecule has 0 radical (unpaired) electrons. The van der Waals surface area contributed by atoms with Crippen LogP contribution in [0.1, 0.15) is 50.4 Å². The first kappa shape index (κ1) is 19.7. The molecule has 1 N–H and O–H groups in total. The van der Waals surface area contributed by atoms with Crippen molar-refractivity contribution in [3.8, 4) is 5.75 Å². The maximum atomic E-state index is 12.4. The number of morpholine rings is 1. The Morgan fingerprint density at radius 3 is 2.52 bits per heavy atom. The molecule has 0 spiro atoms. The van der Waals surface area contributed by atoms with Gasteiger partial charge in [0.2, 0.25) is 0 Å². The molecule has 140 valence electrons. The number of nitrogens with one attached hydrogen (secondary N) is 1.